The van der Waals surface area contributed by atoms with Crippen LogP contribution in [0.3, 0.4) is 0 Å². The molecule has 0 atom stereocenters. The smallest absolute Gasteiger partial charge is 0.451 e. The zero-order valence-electron chi connectivity index (χ0n) is 27.3. The van der Waals surface area contributed by atoms with Crippen molar-refractivity contribution in [2.45, 2.75) is 95.0 Å². The molecule has 0 bridgehead atoms. The van der Waals surface area contributed by atoms with Gasteiger partial charge in [0, 0.05) is 63.2 Å². The Balaban J connectivity index is 1.08. The molecule has 1 N–H and O–H groups in total. The number of hydrogen-bond donors (Lipinski definition) is 1. The molecule has 12 nitrogen and oxygen atoms in total. The van der Waals surface area contributed by atoms with Crippen molar-refractivity contribution in [2.75, 3.05) is 19.7 Å². The van der Waals surface area contributed by atoms with Crippen molar-refractivity contribution < 1.29 is 27.8 Å². The van der Waals surface area contributed by atoms with Crippen LogP contribution in [0, 0.1) is 11.3 Å². The fourth-order valence-corrected chi connectivity index (χ4v) is 7.25. The number of aliphatic hydroxyl groups is 1. The Morgan fingerprint density at radius 3 is 2.60 bits per heavy atom. The van der Waals surface area contributed by atoms with Crippen LogP contribution in [0.25, 0.3) is 22.3 Å². The van der Waals surface area contributed by atoms with Crippen molar-refractivity contribution in [2.24, 2.45) is 0 Å². The molecule has 5 heterocycles. The fraction of sp³-hybridized carbons (Fsp3) is 0.562. The molecule has 6 rings (SSSR count). The van der Waals surface area contributed by atoms with E-state index in [1.807, 2.05) is 27.7 Å². The molecule has 48 heavy (non-hydrogen) atoms. The van der Waals surface area contributed by atoms with E-state index in [0.29, 0.717) is 39.1 Å². The van der Waals surface area contributed by atoms with E-state index < -0.39 is 32.2 Å². The van der Waals surface area contributed by atoms with E-state index >= 15 is 0 Å². The molecule has 256 valence electrons. The minimum absolute atomic E-state index is 0.143. The number of fused-ring (bicyclic) bond motifs is 1. The van der Waals surface area contributed by atoms with Crippen molar-refractivity contribution >= 4 is 19.1 Å². The molecule has 1 aliphatic carbocycles. The van der Waals surface area contributed by atoms with Crippen molar-refractivity contribution in [1.29, 1.82) is 5.26 Å². The highest BCUT2D eigenvalue weighted by Crippen LogP contribution is 2.46. The second-order valence-electron chi connectivity index (χ2n) is 13.9. The molecule has 0 amide bonds. The minimum atomic E-state index is -4.74. The molecular weight excluding hydrogens is 643 g/mol. The summed E-state index contributed by atoms with van der Waals surface area (Å²) in [7, 11) is -1.18. The normalized spacial score (nSPS) is 20.9. The number of alkyl halides is 3. The average Bonchev–Trinajstić information content (AvgIpc) is 3.68. The quantitative estimate of drug-likeness (QED) is 0.156. The highest BCUT2D eigenvalue weighted by Gasteiger charge is 2.49. The third kappa shape index (κ3) is 7.38. The highest BCUT2D eigenvalue weighted by molar-refractivity contribution is 6.76. The van der Waals surface area contributed by atoms with E-state index in [2.05, 4.69) is 50.5 Å². The van der Waals surface area contributed by atoms with E-state index in [4.69, 9.17) is 14.6 Å². The van der Waals surface area contributed by atoms with Gasteiger partial charge >= 0.3 is 6.18 Å². The molecule has 1 aliphatic heterocycles. The number of nitrogens with zero attached hydrogens (tertiary/aromatic N) is 9. The van der Waals surface area contributed by atoms with Crippen LogP contribution in [-0.2, 0) is 29.8 Å². The molecule has 0 radical (unpaired) electrons. The average molecular weight is 684 g/mol. The van der Waals surface area contributed by atoms with Gasteiger partial charge in [0.1, 0.15) is 24.8 Å². The van der Waals surface area contributed by atoms with E-state index in [1.165, 1.54) is 6.07 Å². The van der Waals surface area contributed by atoms with Gasteiger partial charge in [-0.15, -0.1) is 0 Å². The maximum Gasteiger partial charge on any atom is 0.451 e. The van der Waals surface area contributed by atoms with Gasteiger partial charge in [-0.3, -0.25) is 9.58 Å². The van der Waals surface area contributed by atoms with Crippen LogP contribution in [0.15, 0.2) is 37.1 Å². The van der Waals surface area contributed by atoms with Crippen LogP contribution in [0.5, 0.6) is 5.88 Å². The van der Waals surface area contributed by atoms with E-state index in [9.17, 15) is 23.5 Å². The predicted molar refractivity (Wildman–Crippen MR) is 172 cm³/mol. The van der Waals surface area contributed by atoms with Gasteiger partial charge in [0.15, 0.2) is 0 Å². The van der Waals surface area contributed by atoms with Crippen molar-refractivity contribution in [3.63, 3.8) is 0 Å². The van der Waals surface area contributed by atoms with Gasteiger partial charge in [0.25, 0.3) is 0 Å². The van der Waals surface area contributed by atoms with E-state index in [1.54, 1.807) is 12.5 Å². The molecule has 16 heteroatoms. The number of likely N-dealkylation sites (tertiary alicyclic amines) is 1. The van der Waals surface area contributed by atoms with Crippen molar-refractivity contribution in [3.8, 4) is 23.2 Å². The van der Waals surface area contributed by atoms with Gasteiger partial charge < -0.3 is 19.1 Å². The molecule has 2 fully saturated rings. The Labute approximate surface area is 277 Å². The number of rotatable bonds is 12. The second-order valence-corrected chi connectivity index (χ2v) is 19.5. The summed E-state index contributed by atoms with van der Waals surface area (Å²) >= 11 is 0. The van der Waals surface area contributed by atoms with Crippen LogP contribution in [0.1, 0.15) is 43.6 Å². The molecule has 0 unspecified atom stereocenters. The first-order valence-electron chi connectivity index (χ1n) is 16.1. The Bertz CT molecular complexity index is 1770. The van der Waals surface area contributed by atoms with Crippen LogP contribution in [0.2, 0.25) is 25.7 Å². The van der Waals surface area contributed by atoms with Crippen LogP contribution in [-0.4, -0.2) is 84.2 Å². The molecular formula is C32H40F3N9O3Si. The minimum Gasteiger partial charge on any atom is -0.474 e. The molecule has 4 aromatic heterocycles. The zero-order valence-corrected chi connectivity index (χ0v) is 28.3. The lowest BCUT2D eigenvalue weighted by molar-refractivity contribution is -0.145. The fourth-order valence-electron chi connectivity index (χ4n) is 6.49. The number of piperidine rings is 1. The summed E-state index contributed by atoms with van der Waals surface area (Å²) < 4.78 is 55.3. The largest absolute Gasteiger partial charge is 0.474 e. The number of hydrogen-bond acceptors (Lipinski definition) is 10. The summed E-state index contributed by atoms with van der Waals surface area (Å²) in [6, 6.07) is 6.93. The molecule has 0 aromatic carbocycles. The first kappa shape index (κ1) is 34.0. The molecule has 1 saturated heterocycles. The number of ether oxygens (including phenoxy) is 2. The lowest BCUT2D eigenvalue weighted by Crippen LogP contribution is -2.58. The maximum absolute atomic E-state index is 13.2. The SMILES string of the molecule is C[Si](C)(C)CCOCn1ccc2c(-c3cnn([C@]4(CC#N)C[C@@H](N5CCC(Oc6cc(CO)nc(C(F)(F)F)n6)CC5)C4)c3)ncnc21. The van der Waals surface area contributed by atoms with E-state index in [-0.39, 0.29) is 23.7 Å². The summed E-state index contributed by atoms with van der Waals surface area (Å²) in [5.41, 5.74) is 1.83. The van der Waals surface area contributed by atoms with Gasteiger partial charge in [-0.1, -0.05) is 19.6 Å². The number of aliphatic hydroxyl groups excluding tert-OH is 1. The Morgan fingerprint density at radius 2 is 1.92 bits per heavy atom. The van der Waals surface area contributed by atoms with Crippen LogP contribution < -0.4 is 4.74 Å². The summed E-state index contributed by atoms with van der Waals surface area (Å²) in [5, 5.41) is 24.7. The lowest BCUT2D eigenvalue weighted by atomic mass is 9.69. The topological polar surface area (TPSA) is 140 Å². The van der Waals surface area contributed by atoms with E-state index in [0.717, 1.165) is 47.8 Å². The summed E-state index contributed by atoms with van der Waals surface area (Å²) in [6.07, 6.45) is 5.26. The molecule has 4 aromatic rings. The third-order valence-corrected chi connectivity index (χ3v) is 10.9. The predicted octanol–water partition coefficient (Wildman–Crippen LogP) is 5.22. The van der Waals surface area contributed by atoms with Crippen molar-refractivity contribution in [1.82, 2.24) is 39.2 Å². The Hall–Kier alpha value is -3.91. The monoisotopic (exact) mass is 683 g/mol. The third-order valence-electron chi connectivity index (χ3n) is 9.22. The van der Waals surface area contributed by atoms with Crippen LogP contribution in [0.4, 0.5) is 13.2 Å². The van der Waals surface area contributed by atoms with Crippen molar-refractivity contribution in [3.05, 3.63) is 48.6 Å². The maximum atomic E-state index is 13.2. The Morgan fingerprint density at radius 1 is 1.15 bits per heavy atom. The first-order chi connectivity index (χ1) is 22.9. The summed E-state index contributed by atoms with van der Waals surface area (Å²) in [5.74, 6) is -1.51. The van der Waals surface area contributed by atoms with Gasteiger partial charge in [0.05, 0.1) is 42.2 Å². The van der Waals surface area contributed by atoms with Crippen LogP contribution >= 0.6 is 0 Å². The second kappa shape index (κ2) is 13.5. The number of halogens is 3. The Kier molecular flexibility index (Phi) is 9.58. The van der Waals surface area contributed by atoms with Gasteiger partial charge in [-0.05, 0) is 37.8 Å². The first-order valence-corrected chi connectivity index (χ1v) is 19.8. The zero-order chi connectivity index (χ0) is 34.1. The van der Waals surface area contributed by atoms with Gasteiger partial charge in [-0.2, -0.15) is 28.5 Å². The molecule has 1 saturated carbocycles. The summed E-state index contributed by atoms with van der Waals surface area (Å²) in [4.78, 5) is 18.3. The summed E-state index contributed by atoms with van der Waals surface area (Å²) in [6.45, 7) is 8.87. The molecule has 0 spiro atoms. The van der Waals surface area contributed by atoms with Gasteiger partial charge in [0.2, 0.25) is 11.7 Å². The van der Waals surface area contributed by atoms with Gasteiger partial charge in [-0.25, -0.2) is 15.0 Å². The number of aromatic nitrogens is 7. The molecule has 2 aliphatic rings. The number of nitriles is 1. The highest BCUT2D eigenvalue weighted by atomic mass is 28.3. The standard InChI is InChI=1S/C32H40F3N9O3Si/c1-48(2,3)13-12-46-21-43-11-6-26-28(37-20-38-29(26)43)22-17-39-44(18-22)31(7-8-36)15-24(16-31)42-9-4-25(5-10-42)47-27-14-23(19-45)40-30(41-27)32(33,34)35/h6,11,14,17-18,20,24-25,45H,4-5,7,9-10,12-13,15-16,19,21H2,1-3H3/t24-,31-. The lowest BCUT2D eigenvalue weighted by Gasteiger charge is -2.52.